The monoisotopic (exact) mass is 306 g/mol. The summed E-state index contributed by atoms with van der Waals surface area (Å²) in [6.45, 7) is 13.4. The molecule has 1 atom stereocenters. The van der Waals surface area contributed by atoms with Crippen LogP contribution in [0.3, 0.4) is 0 Å². The standard InChI is InChI=1S/C18H30N2O2/c1-5-22-17(21)18(3,4)20-12-10-19(11-13-20)14-16-8-6-15(2)7-9-16/h6,8-9,15H,5,7,10-14H2,1-4H3. The molecule has 0 spiro atoms. The summed E-state index contributed by atoms with van der Waals surface area (Å²) in [6.07, 6.45) is 8.08. The SMILES string of the molecule is CCOC(=O)C(C)(C)N1CCN(CC2=CCC(C)C=C2)CC1. The molecule has 1 heterocycles. The van der Waals surface area contributed by atoms with Crippen LogP contribution in [0.1, 0.15) is 34.1 Å². The highest BCUT2D eigenvalue weighted by Crippen LogP contribution is 2.21. The normalized spacial score (nSPS) is 24.2. The van der Waals surface area contributed by atoms with E-state index in [0.717, 1.165) is 39.1 Å². The van der Waals surface area contributed by atoms with Gasteiger partial charge in [0.25, 0.3) is 0 Å². The van der Waals surface area contributed by atoms with Gasteiger partial charge in [-0.2, -0.15) is 0 Å². The fraction of sp³-hybridized carbons (Fsp3) is 0.722. The zero-order valence-electron chi connectivity index (χ0n) is 14.5. The van der Waals surface area contributed by atoms with Crippen LogP contribution < -0.4 is 0 Å². The number of esters is 1. The Morgan fingerprint density at radius 3 is 2.55 bits per heavy atom. The third-order valence-electron chi connectivity index (χ3n) is 4.73. The maximum Gasteiger partial charge on any atom is 0.325 e. The van der Waals surface area contributed by atoms with E-state index < -0.39 is 5.54 Å². The minimum atomic E-state index is -0.526. The van der Waals surface area contributed by atoms with Crippen molar-refractivity contribution in [1.29, 1.82) is 0 Å². The summed E-state index contributed by atoms with van der Waals surface area (Å²) in [7, 11) is 0. The Morgan fingerprint density at radius 1 is 1.32 bits per heavy atom. The van der Waals surface area contributed by atoms with Gasteiger partial charge in [0.1, 0.15) is 5.54 Å². The summed E-state index contributed by atoms with van der Waals surface area (Å²) >= 11 is 0. The van der Waals surface area contributed by atoms with Gasteiger partial charge in [0, 0.05) is 32.7 Å². The van der Waals surface area contributed by atoms with Crippen molar-refractivity contribution in [3.05, 3.63) is 23.8 Å². The molecular formula is C18H30N2O2. The predicted molar refractivity (Wildman–Crippen MR) is 89.7 cm³/mol. The molecule has 1 unspecified atom stereocenters. The van der Waals surface area contributed by atoms with Crippen molar-refractivity contribution in [2.75, 3.05) is 39.3 Å². The number of carbonyl (C=O) groups excluding carboxylic acids is 1. The third-order valence-corrected chi connectivity index (χ3v) is 4.73. The van der Waals surface area contributed by atoms with Gasteiger partial charge >= 0.3 is 5.97 Å². The molecule has 22 heavy (non-hydrogen) atoms. The van der Waals surface area contributed by atoms with E-state index in [4.69, 9.17) is 4.74 Å². The molecule has 0 aromatic heterocycles. The molecule has 1 aliphatic heterocycles. The Morgan fingerprint density at radius 2 is 2.00 bits per heavy atom. The highest BCUT2D eigenvalue weighted by molar-refractivity contribution is 5.79. The Kier molecular flexibility index (Phi) is 5.81. The first-order valence-corrected chi connectivity index (χ1v) is 8.45. The second kappa shape index (κ2) is 7.42. The van der Waals surface area contributed by atoms with Crippen LogP contribution in [0.25, 0.3) is 0 Å². The highest BCUT2D eigenvalue weighted by atomic mass is 16.5. The molecule has 4 nitrogen and oxygen atoms in total. The average Bonchev–Trinajstić information content (AvgIpc) is 2.50. The van der Waals surface area contributed by atoms with Crippen molar-refractivity contribution in [1.82, 2.24) is 9.80 Å². The number of allylic oxidation sites excluding steroid dienone is 2. The average molecular weight is 306 g/mol. The fourth-order valence-corrected chi connectivity index (χ4v) is 3.05. The molecule has 0 aromatic carbocycles. The van der Waals surface area contributed by atoms with E-state index in [-0.39, 0.29) is 5.97 Å². The van der Waals surface area contributed by atoms with Crippen molar-refractivity contribution in [2.24, 2.45) is 5.92 Å². The molecule has 1 fully saturated rings. The van der Waals surface area contributed by atoms with Crippen LogP contribution >= 0.6 is 0 Å². The number of piperazine rings is 1. The lowest BCUT2D eigenvalue weighted by Crippen LogP contribution is -2.58. The summed E-state index contributed by atoms with van der Waals surface area (Å²) in [5.74, 6) is 0.557. The van der Waals surface area contributed by atoms with Crippen LogP contribution in [0, 0.1) is 5.92 Å². The quantitative estimate of drug-likeness (QED) is 0.731. The Bertz CT molecular complexity index is 446. The van der Waals surface area contributed by atoms with Crippen molar-refractivity contribution in [3.8, 4) is 0 Å². The van der Waals surface area contributed by atoms with E-state index >= 15 is 0 Å². The van der Waals surface area contributed by atoms with Crippen molar-refractivity contribution in [3.63, 3.8) is 0 Å². The molecule has 1 aliphatic carbocycles. The predicted octanol–water partition coefficient (Wildman–Crippen LogP) is 2.47. The zero-order valence-corrected chi connectivity index (χ0v) is 14.5. The molecule has 1 saturated heterocycles. The van der Waals surface area contributed by atoms with E-state index in [1.54, 1.807) is 0 Å². The molecule has 2 aliphatic rings. The fourth-order valence-electron chi connectivity index (χ4n) is 3.05. The van der Waals surface area contributed by atoms with Gasteiger partial charge in [-0.3, -0.25) is 14.6 Å². The summed E-state index contributed by atoms with van der Waals surface area (Å²) in [4.78, 5) is 16.8. The summed E-state index contributed by atoms with van der Waals surface area (Å²) in [5.41, 5.74) is 0.901. The van der Waals surface area contributed by atoms with E-state index in [9.17, 15) is 4.79 Å². The van der Waals surface area contributed by atoms with Gasteiger partial charge in [0.15, 0.2) is 0 Å². The van der Waals surface area contributed by atoms with E-state index in [1.807, 2.05) is 20.8 Å². The van der Waals surface area contributed by atoms with Crippen LogP contribution in [-0.4, -0.2) is 60.6 Å². The van der Waals surface area contributed by atoms with Crippen LogP contribution in [0.4, 0.5) is 0 Å². The topological polar surface area (TPSA) is 32.8 Å². The van der Waals surface area contributed by atoms with E-state index in [2.05, 4.69) is 35.0 Å². The van der Waals surface area contributed by atoms with Crippen LogP contribution in [0.2, 0.25) is 0 Å². The number of carbonyl (C=O) groups is 1. The smallest absolute Gasteiger partial charge is 0.325 e. The molecular weight excluding hydrogens is 276 g/mol. The molecule has 0 amide bonds. The molecule has 0 N–H and O–H groups in total. The Labute approximate surface area is 134 Å². The van der Waals surface area contributed by atoms with Gasteiger partial charge in [-0.1, -0.05) is 25.2 Å². The summed E-state index contributed by atoms with van der Waals surface area (Å²) < 4.78 is 5.21. The van der Waals surface area contributed by atoms with Crippen molar-refractivity contribution in [2.45, 2.75) is 39.7 Å². The van der Waals surface area contributed by atoms with Crippen LogP contribution in [0.15, 0.2) is 23.8 Å². The minimum absolute atomic E-state index is 0.115. The molecule has 4 heteroatoms. The van der Waals surface area contributed by atoms with Gasteiger partial charge in [-0.15, -0.1) is 0 Å². The van der Waals surface area contributed by atoms with Gasteiger partial charge < -0.3 is 4.74 Å². The maximum atomic E-state index is 12.1. The zero-order chi connectivity index (χ0) is 16.2. The Hall–Kier alpha value is -1.13. The second-order valence-corrected chi connectivity index (χ2v) is 6.89. The largest absolute Gasteiger partial charge is 0.465 e. The molecule has 0 bridgehead atoms. The number of hydrogen-bond donors (Lipinski definition) is 0. The van der Waals surface area contributed by atoms with Gasteiger partial charge in [-0.25, -0.2) is 0 Å². The Balaban J connectivity index is 1.83. The molecule has 0 aromatic rings. The lowest BCUT2D eigenvalue weighted by Gasteiger charge is -2.42. The van der Waals surface area contributed by atoms with Crippen LogP contribution in [-0.2, 0) is 9.53 Å². The minimum Gasteiger partial charge on any atom is -0.465 e. The van der Waals surface area contributed by atoms with Crippen molar-refractivity contribution >= 4 is 5.97 Å². The van der Waals surface area contributed by atoms with Crippen molar-refractivity contribution < 1.29 is 9.53 Å². The molecule has 124 valence electrons. The number of nitrogens with zero attached hydrogens (tertiary/aromatic N) is 2. The van der Waals surface area contributed by atoms with Gasteiger partial charge in [-0.05, 0) is 38.7 Å². The molecule has 2 rings (SSSR count). The van der Waals surface area contributed by atoms with E-state index in [1.165, 1.54) is 5.57 Å². The first kappa shape index (κ1) is 17.2. The molecule has 0 saturated carbocycles. The second-order valence-electron chi connectivity index (χ2n) is 6.89. The number of hydrogen-bond acceptors (Lipinski definition) is 4. The van der Waals surface area contributed by atoms with Gasteiger partial charge in [0.05, 0.1) is 6.61 Å². The first-order valence-electron chi connectivity index (χ1n) is 8.45. The lowest BCUT2D eigenvalue weighted by molar-refractivity contribution is -0.157. The number of ether oxygens (including phenoxy) is 1. The highest BCUT2D eigenvalue weighted by Gasteiger charge is 2.37. The third kappa shape index (κ3) is 4.20. The lowest BCUT2D eigenvalue weighted by atomic mass is 9.98. The molecule has 0 radical (unpaired) electrons. The van der Waals surface area contributed by atoms with Crippen LogP contribution in [0.5, 0.6) is 0 Å². The summed E-state index contributed by atoms with van der Waals surface area (Å²) in [6, 6.07) is 0. The number of rotatable bonds is 5. The summed E-state index contributed by atoms with van der Waals surface area (Å²) in [5, 5.41) is 0. The maximum absolute atomic E-state index is 12.1. The first-order chi connectivity index (χ1) is 10.4. The van der Waals surface area contributed by atoms with Gasteiger partial charge in [0.2, 0.25) is 0 Å². The van der Waals surface area contributed by atoms with E-state index in [0.29, 0.717) is 12.5 Å².